The number of pyridine rings is 1. The number of aliphatic hydroxyl groups excluding tert-OH is 1. The van der Waals surface area contributed by atoms with Crippen molar-refractivity contribution in [3.63, 3.8) is 0 Å². The second-order valence-corrected chi connectivity index (χ2v) is 5.67. The van der Waals surface area contributed by atoms with Gasteiger partial charge in [0.05, 0.1) is 13.2 Å². The number of aromatic nitrogens is 1. The van der Waals surface area contributed by atoms with Crippen LogP contribution in [0.3, 0.4) is 0 Å². The molecular weight excluding hydrogens is 286 g/mol. The zero-order chi connectivity index (χ0) is 15.4. The van der Waals surface area contributed by atoms with Gasteiger partial charge < -0.3 is 9.84 Å². The fourth-order valence-electron chi connectivity index (χ4n) is 2.51. The maximum absolute atomic E-state index is 10.3. The number of benzene rings is 1. The molecule has 1 unspecified atom stereocenters. The monoisotopic (exact) mass is 305 g/mol. The molecule has 0 saturated carbocycles. The quantitative estimate of drug-likeness (QED) is 0.919. The van der Waals surface area contributed by atoms with Gasteiger partial charge in [-0.2, -0.15) is 0 Å². The van der Waals surface area contributed by atoms with Gasteiger partial charge in [-0.25, -0.2) is 0 Å². The van der Waals surface area contributed by atoms with Crippen LogP contribution in [-0.4, -0.2) is 23.3 Å². The predicted molar refractivity (Wildman–Crippen MR) is 85.1 cm³/mol. The SMILES string of the molecule is COc1c(C)cnc(CC(O)Cc2cccc(Cl)c2)c1C. The zero-order valence-corrected chi connectivity index (χ0v) is 13.3. The normalized spacial score (nSPS) is 12.2. The second kappa shape index (κ2) is 6.92. The molecule has 1 heterocycles. The molecule has 21 heavy (non-hydrogen) atoms. The van der Waals surface area contributed by atoms with E-state index < -0.39 is 6.10 Å². The minimum Gasteiger partial charge on any atom is -0.496 e. The first kappa shape index (κ1) is 15.8. The molecule has 0 fully saturated rings. The fourth-order valence-corrected chi connectivity index (χ4v) is 2.72. The summed E-state index contributed by atoms with van der Waals surface area (Å²) < 4.78 is 5.39. The Kier molecular flexibility index (Phi) is 5.21. The first-order chi connectivity index (χ1) is 10.0. The van der Waals surface area contributed by atoms with E-state index in [4.69, 9.17) is 16.3 Å². The smallest absolute Gasteiger partial charge is 0.128 e. The molecule has 1 aromatic carbocycles. The molecule has 0 amide bonds. The molecule has 0 saturated heterocycles. The number of ether oxygens (including phenoxy) is 1. The average Bonchev–Trinajstić information content (AvgIpc) is 2.42. The molecule has 2 aromatic rings. The molecule has 3 nitrogen and oxygen atoms in total. The Bertz CT molecular complexity index is 628. The van der Waals surface area contributed by atoms with Crippen molar-refractivity contribution in [2.75, 3.05) is 7.11 Å². The van der Waals surface area contributed by atoms with Gasteiger partial charge in [-0.05, 0) is 38.0 Å². The predicted octanol–water partition coefficient (Wildman–Crippen LogP) is 3.51. The van der Waals surface area contributed by atoms with Gasteiger partial charge in [-0.3, -0.25) is 4.98 Å². The topological polar surface area (TPSA) is 42.4 Å². The highest BCUT2D eigenvalue weighted by Crippen LogP contribution is 2.25. The van der Waals surface area contributed by atoms with Crippen LogP contribution in [0, 0.1) is 13.8 Å². The van der Waals surface area contributed by atoms with Crippen molar-refractivity contribution >= 4 is 11.6 Å². The first-order valence-electron chi connectivity index (χ1n) is 6.93. The number of rotatable bonds is 5. The van der Waals surface area contributed by atoms with E-state index in [1.165, 1.54) is 0 Å². The lowest BCUT2D eigenvalue weighted by Gasteiger charge is -2.15. The number of hydrogen-bond donors (Lipinski definition) is 1. The Morgan fingerprint density at radius 2 is 2.05 bits per heavy atom. The molecule has 0 aliphatic rings. The van der Waals surface area contributed by atoms with Crippen molar-refractivity contribution in [2.24, 2.45) is 0 Å². The summed E-state index contributed by atoms with van der Waals surface area (Å²) in [6.07, 6.45) is 2.34. The van der Waals surface area contributed by atoms with E-state index in [2.05, 4.69) is 4.98 Å². The summed E-state index contributed by atoms with van der Waals surface area (Å²) in [7, 11) is 1.65. The number of nitrogens with zero attached hydrogens (tertiary/aromatic N) is 1. The highest BCUT2D eigenvalue weighted by Gasteiger charge is 2.14. The number of aryl methyl sites for hydroxylation is 1. The Balaban J connectivity index is 2.11. The van der Waals surface area contributed by atoms with Crippen LogP contribution in [0.5, 0.6) is 5.75 Å². The van der Waals surface area contributed by atoms with Crippen LogP contribution in [0.25, 0.3) is 0 Å². The van der Waals surface area contributed by atoms with Crippen molar-refractivity contribution in [3.05, 3.63) is 57.9 Å². The highest BCUT2D eigenvalue weighted by atomic mass is 35.5. The largest absolute Gasteiger partial charge is 0.496 e. The average molecular weight is 306 g/mol. The lowest BCUT2D eigenvalue weighted by molar-refractivity contribution is 0.174. The number of hydrogen-bond acceptors (Lipinski definition) is 3. The van der Waals surface area contributed by atoms with E-state index in [0.717, 1.165) is 28.1 Å². The summed E-state index contributed by atoms with van der Waals surface area (Å²) >= 11 is 5.96. The van der Waals surface area contributed by atoms with Crippen LogP contribution in [0.4, 0.5) is 0 Å². The van der Waals surface area contributed by atoms with Gasteiger partial charge in [0, 0.05) is 34.5 Å². The molecule has 1 N–H and O–H groups in total. The standard InChI is InChI=1S/C17H20ClNO2/c1-11-10-19-16(12(2)17(11)21-3)9-15(20)8-13-5-4-6-14(18)7-13/h4-7,10,15,20H,8-9H2,1-3H3. The van der Waals surface area contributed by atoms with E-state index in [0.29, 0.717) is 17.9 Å². The van der Waals surface area contributed by atoms with Crippen LogP contribution in [-0.2, 0) is 12.8 Å². The van der Waals surface area contributed by atoms with Gasteiger partial charge in [-0.15, -0.1) is 0 Å². The summed E-state index contributed by atoms with van der Waals surface area (Å²) in [6.45, 7) is 3.94. The molecule has 0 aliphatic carbocycles. The summed E-state index contributed by atoms with van der Waals surface area (Å²) in [5.74, 6) is 0.843. The lowest BCUT2D eigenvalue weighted by Crippen LogP contribution is -2.16. The Morgan fingerprint density at radius 3 is 2.71 bits per heavy atom. The van der Waals surface area contributed by atoms with Crippen molar-refractivity contribution < 1.29 is 9.84 Å². The molecule has 0 radical (unpaired) electrons. The lowest BCUT2D eigenvalue weighted by atomic mass is 10.0. The molecular formula is C17H20ClNO2. The summed E-state index contributed by atoms with van der Waals surface area (Å²) in [4.78, 5) is 4.42. The van der Waals surface area contributed by atoms with Gasteiger partial charge in [-0.1, -0.05) is 23.7 Å². The van der Waals surface area contributed by atoms with Crippen LogP contribution in [0.15, 0.2) is 30.5 Å². The minimum atomic E-state index is -0.498. The molecule has 0 aliphatic heterocycles. The highest BCUT2D eigenvalue weighted by molar-refractivity contribution is 6.30. The van der Waals surface area contributed by atoms with Crippen LogP contribution >= 0.6 is 11.6 Å². The van der Waals surface area contributed by atoms with Crippen LogP contribution in [0.2, 0.25) is 5.02 Å². The van der Waals surface area contributed by atoms with Crippen LogP contribution < -0.4 is 4.74 Å². The van der Waals surface area contributed by atoms with Gasteiger partial charge in [0.25, 0.3) is 0 Å². The van der Waals surface area contributed by atoms with Crippen molar-refractivity contribution in [1.29, 1.82) is 0 Å². The number of aliphatic hydroxyl groups is 1. The maximum Gasteiger partial charge on any atom is 0.128 e. The van der Waals surface area contributed by atoms with Crippen LogP contribution in [0.1, 0.15) is 22.4 Å². The molecule has 112 valence electrons. The third kappa shape index (κ3) is 3.96. The van der Waals surface area contributed by atoms with E-state index in [-0.39, 0.29) is 0 Å². The maximum atomic E-state index is 10.3. The third-order valence-corrected chi connectivity index (χ3v) is 3.77. The summed E-state index contributed by atoms with van der Waals surface area (Å²) in [6, 6.07) is 7.56. The van der Waals surface area contributed by atoms with Gasteiger partial charge >= 0.3 is 0 Å². The van der Waals surface area contributed by atoms with Gasteiger partial charge in [0.15, 0.2) is 0 Å². The number of methoxy groups -OCH3 is 1. The molecule has 2 rings (SSSR count). The van der Waals surface area contributed by atoms with E-state index in [1.807, 2.05) is 38.1 Å². The summed E-state index contributed by atoms with van der Waals surface area (Å²) in [5, 5.41) is 11.0. The van der Waals surface area contributed by atoms with E-state index in [1.54, 1.807) is 13.3 Å². The zero-order valence-electron chi connectivity index (χ0n) is 12.6. The Hall–Kier alpha value is -1.58. The minimum absolute atomic E-state index is 0.495. The molecule has 4 heteroatoms. The van der Waals surface area contributed by atoms with E-state index in [9.17, 15) is 5.11 Å². The van der Waals surface area contributed by atoms with Crippen molar-refractivity contribution in [1.82, 2.24) is 4.98 Å². The Labute approximate surface area is 130 Å². The van der Waals surface area contributed by atoms with Crippen molar-refractivity contribution in [3.8, 4) is 5.75 Å². The molecule has 0 spiro atoms. The third-order valence-electron chi connectivity index (χ3n) is 3.54. The second-order valence-electron chi connectivity index (χ2n) is 5.24. The van der Waals surface area contributed by atoms with Gasteiger partial charge in [0.1, 0.15) is 5.75 Å². The number of halogens is 1. The van der Waals surface area contributed by atoms with Gasteiger partial charge in [0.2, 0.25) is 0 Å². The molecule has 1 atom stereocenters. The first-order valence-corrected chi connectivity index (χ1v) is 7.30. The fraction of sp³-hybridized carbons (Fsp3) is 0.353. The van der Waals surface area contributed by atoms with Crippen molar-refractivity contribution in [2.45, 2.75) is 32.8 Å². The summed E-state index contributed by atoms with van der Waals surface area (Å²) in [5.41, 5.74) is 3.88. The molecule has 0 bridgehead atoms. The van der Waals surface area contributed by atoms with E-state index >= 15 is 0 Å². The Morgan fingerprint density at radius 1 is 1.29 bits per heavy atom. The molecule has 1 aromatic heterocycles.